The van der Waals surface area contributed by atoms with Crippen LogP contribution < -0.4 is 4.74 Å². The van der Waals surface area contributed by atoms with Gasteiger partial charge in [0.15, 0.2) is 5.78 Å². The highest BCUT2D eigenvalue weighted by molar-refractivity contribution is 6.12. The van der Waals surface area contributed by atoms with Crippen molar-refractivity contribution in [2.45, 2.75) is 13.8 Å². The first-order valence-electron chi connectivity index (χ1n) is 8.93. The number of hydrogen-bond acceptors (Lipinski definition) is 8. The molecule has 31 heavy (non-hydrogen) atoms. The van der Waals surface area contributed by atoms with Crippen molar-refractivity contribution in [1.29, 1.82) is 0 Å². The molecule has 0 aromatic heterocycles. The van der Waals surface area contributed by atoms with Gasteiger partial charge in [0.2, 0.25) is 6.79 Å². The Bertz CT molecular complexity index is 991. The standard InChI is InChI=1S/C18H16O6.C5H8O2/c1-11(2)18(22)24-10-23-12-7-8-14(16(20)9-12)17(21)13-5-3-4-6-15(13)19;1-4(2)5(6)7-3/h3-9,19-20H,1,10H2,2H3;1H2,2-3H3. The van der Waals surface area contributed by atoms with E-state index in [0.717, 1.165) is 0 Å². The van der Waals surface area contributed by atoms with E-state index in [2.05, 4.69) is 17.9 Å². The molecule has 0 fully saturated rings. The third-order valence-electron chi connectivity index (χ3n) is 3.66. The molecule has 8 nitrogen and oxygen atoms in total. The second-order valence-electron chi connectivity index (χ2n) is 6.27. The maximum atomic E-state index is 12.3. The number of carbonyl (C=O) groups excluding carboxylic acids is 3. The molecule has 0 amide bonds. The van der Waals surface area contributed by atoms with E-state index in [1.807, 2.05) is 0 Å². The molecule has 0 spiro atoms. The first-order valence-corrected chi connectivity index (χ1v) is 8.93. The molecule has 0 heterocycles. The van der Waals surface area contributed by atoms with Gasteiger partial charge in [-0.25, -0.2) is 9.59 Å². The van der Waals surface area contributed by atoms with Crippen LogP contribution in [0.4, 0.5) is 0 Å². The Kier molecular flexibility index (Phi) is 9.52. The molecule has 164 valence electrons. The fourth-order valence-electron chi connectivity index (χ4n) is 2.05. The van der Waals surface area contributed by atoms with Crippen LogP contribution in [0.1, 0.15) is 29.8 Å². The third kappa shape index (κ3) is 7.69. The number of ketones is 1. The number of aromatic hydroxyl groups is 2. The second kappa shape index (κ2) is 11.8. The summed E-state index contributed by atoms with van der Waals surface area (Å²) in [5.74, 6) is -1.73. The summed E-state index contributed by atoms with van der Waals surface area (Å²) in [4.78, 5) is 33.7. The van der Waals surface area contributed by atoms with E-state index < -0.39 is 11.8 Å². The number of benzene rings is 2. The van der Waals surface area contributed by atoms with Gasteiger partial charge in [0.25, 0.3) is 0 Å². The van der Waals surface area contributed by atoms with E-state index in [4.69, 9.17) is 9.47 Å². The fraction of sp³-hybridized carbons (Fsp3) is 0.174. The van der Waals surface area contributed by atoms with Crippen LogP contribution in [0.2, 0.25) is 0 Å². The Balaban J connectivity index is 0.000000592. The summed E-state index contributed by atoms with van der Waals surface area (Å²) in [6.07, 6.45) is 0. The van der Waals surface area contributed by atoms with Crippen LogP contribution in [0.25, 0.3) is 0 Å². The Morgan fingerprint density at radius 2 is 1.45 bits per heavy atom. The molecule has 0 unspecified atom stereocenters. The van der Waals surface area contributed by atoms with Crippen LogP contribution in [0, 0.1) is 0 Å². The zero-order valence-electron chi connectivity index (χ0n) is 17.5. The van der Waals surface area contributed by atoms with Crippen molar-refractivity contribution in [2.24, 2.45) is 0 Å². The molecule has 2 rings (SSSR count). The summed E-state index contributed by atoms with van der Waals surface area (Å²) in [5, 5.41) is 19.7. The highest BCUT2D eigenvalue weighted by atomic mass is 16.7. The first-order chi connectivity index (χ1) is 14.6. The molecule has 2 aromatic rings. The second-order valence-corrected chi connectivity index (χ2v) is 6.27. The van der Waals surface area contributed by atoms with E-state index in [-0.39, 0.29) is 46.7 Å². The van der Waals surface area contributed by atoms with E-state index >= 15 is 0 Å². The van der Waals surface area contributed by atoms with Crippen LogP contribution >= 0.6 is 0 Å². The normalized spacial score (nSPS) is 9.52. The number of methoxy groups -OCH3 is 1. The predicted molar refractivity (Wildman–Crippen MR) is 113 cm³/mol. The lowest BCUT2D eigenvalue weighted by molar-refractivity contribution is -0.145. The van der Waals surface area contributed by atoms with Gasteiger partial charge >= 0.3 is 11.9 Å². The van der Waals surface area contributed by atoms with Gasteiger partial charge in [-0.05, 0) is 38.1 Å². The number of para-hydroxylation sites is 1. The van der Waals surface area contributed by atoms with E-state index in [1.165, 1.54) is 44.4 Å². The number of rotatable bonds is 7. The Morgan fingerprint density at radius 3 is 1.94 bits per heavy atom. The van der Waals surface area contributed by atoms with Gasteiger partial charge in [-0.2, -0.15) is 0 Å². The van der Waals surface area contributed by atoms with Crippen LogP contribution in [0.5, 0.6) is 17.2 Å². The molecule has 0 radical (unpaired) electrons. The molecule has 0 bridgehead atoms. The number of ether oxygens (including phenoxy) is 3. The average molecular weight is 428 g/mol. The quantitative estimate of drug-likeness (QED) is 0.298. The maximum Gasteiger partial charge on any atom is 0.335 e. The predicted octanol–water partition coefficient (Wildman–Crippen LogP) is 3.52. The van der Waals surface area contributed by atoms with Gasteiger partial charge < -0.3 is 24.4 Å². The Hall–Kier alpha value is -4.07. The van der Waals surface area contributed by atoms with Crippen molar-refractivity contribution < 1.29 is 38.8 Å². The van der Waals surface area contributed by atoms with Crippen molar-refractivity contribution in [3.63, 3.8) is 0 Å². The average Bonchev–Trinajstić information content (AvgIpc) is 2.73. The number of carbonyl (C=O) groups is 3. The van der Waals surface area contributed by atoms with Crippen molar-refractivity contribution in [3.05, 3.63) is 77.9 Å². The fourth-order valence-corrected chi connectivity index (χ4v) is 2.05. The smallest absolute Gasteiger partial charge is 0.335 e. The van der Waals surface area contributed by atoms with E-state index in [1.54, 1.807) is 19.1 Å². The number of phenolic OH excluding ortho intramolecular Hbond substituents is 2. The van der Waals surface area contributed by atoms with E-state index in [9.17, 15) is 24.6 Å². The van der Waals surface area contributed by atoms with Crippen molar-refractivity contribution in [2.75, 3.05) is 13.9 Å². The minimum Gasteiger partial charge on any atom is -0.507 e. The molecule has 0 saturated heterocycles. The number of hydrogen-bond donors (Lipinski definition) is 2. The van der Waals surface area contributed by atoms with Gasteiger partial charge in [-0.15, -0.1) is 0 Å². The zero-order chi connectivity index (χ0) is 23.6. The molecule has 2 N–H and O–H groups in total. The molecular weight excluding hydrogens is 404 g/mol. The molecular formula is C23H24O8. The molecule has 0 saturated carbocycles. The van der Waals surface area contributed by atoms with Crippen LogP contribution in [-0.4, -0.2) is 41.8 Å². The molecule has 8 heteroatoms. The van der Waals surface area contributed by atoms with Gasteiger partial charge in [0, 0.05) is 17.2 Å². The lowest BCUT2D eigenvalue weighted by Crippen LogP contribution is -2.10. The summed E-state index contributed by atoms with van der Waals surface area (Å²) in [5.41, 5.74) is 0.771. The van der Waals surface area contributed by atoms with Crippen molar-refractivity contribution >= 4 is 17.7 Å². The Labute approximate surface area is 180 Å². The first kappa shape index (κ1) is 25.0. The lowest BCUT2D eigenvalue weighted by Gasteiger charge is -2.10. The van der Waals surface area contributed by atoms with Crippen LogP contribution in [0.3, 0.4) is 0 Å². The summed E-state index contributed by atoms with van der Waals surface area (Å²) in [6.45, 7) is 9.55. The lowest BCUT2D eigenvalue weighted by atomic mass is 10.0. The molecule has 0 atom stereocenters. The maximum absolute atomic E-state index is 12.3. The minimum atomic E-state index is -0.592. The van der Waals surface area contributed by atoms with Gasteiger partial charge in [0.1, 0.15) is 17.2 Å². The molecule has 0 aliphatic carbocycles. The van der Waals surface area contributed by atoms with Gasteiger partial charge in [-0.3, -0.25) is 4.79 Å². The molecule has 0 aliphatic rings. The van der Waals surface area contributed by atoms with Gasteiger partial charge in [-0.1, -0.05) is 25.3 Å². The summed E-state index contributed by atoms with van der Waals surface area (Å²) < 4.78 is 14.2. The molecule has 2 aromatic carbocycles. The third-order valence-corrected chi connectivity index (χ3v) is 3.66. The zero-order valence-corrected chi connectivity index (χ0v) is 17.5. The van der Waals surface area contributed by atoms with Crippen molar-refractivity contribution in [1.82, 2.24) is 0 Å². The largest absolute Gasteiger partial charge is 0.507 e. The van der Waals surface area contributed by atoms with Gasteiger partial charge in [0.05, 0.1) is 18.2 Å². The van der Waals surface area contributed by atoms with Crippen molar-refractivity contribution in [3.8, 4) is 17.2 Å². The topological polar surface area (TPSA) is 119 Å². The highest BCUT2D eigenvalue weighted by Crippen LogP contribution is 2.28. The summed E-state index contributed by atoms with van der Waals surface area (Å²) >= 11 is 0. The minimum absolute atomic E-state index is 0.0165. The van der Waals surface area contributed by atoms with E-state index in [0.29, 0.717) is 5.57 Å². The summed E-state index contributed by atoms with van der Waals surface area (Å²) in [7, 11) is 1.33. The number of phenols is 2. The number of esters is 2. The van der Waals surface area contributed by atoms with Crippen LogP contribution in [0.15, 0.2) is 66.8 Å². The van der Waals surface area contributed by atoms with Crippen LogP contribution in [-0.2, 0) is 19.1 Å². The molecule has 0 aliphatic heterocycles. The monoisotopic (exact) mass is 428 g/mol. The SMILES string of the molecule is C=C(C)C(=O)OC.C=C(C)C(=O)OCOc1ccc(C(=O)c2ccccc2O)c(O)c1. The highest BCUT2D eigenvalue weighted by Gasteiger charge is 2.17. The summed E-state index contributed by atoms with van der Waals surface area (Å²) in [6, 6.07) is 10.1. The Morgan fingerprint density at radius 1 is 0.871 bits per heavy atom.